The lowest BCUT2D eigenvalue weighted by Crippen LogP contribution is -2.30. The Labute approximate surface area is 626 Å². The first-order chi connectivity index (χ1) is 49.5. The quantitative estimate of drug-likeness (QED) is 0.0222. The van der Waals surface area contributed by atoms with E-state index in [1.165, 1.54) is 263 Å². The van der Waals surface area contributed by atoms with Gasteiger partial charge in [-0.15, -0.1) is 0 Å². The molecule has 3 N–H and O–H groups in total. The van der Waals surface area contributed by atoms with Gasteiger partial charge in [-0.3, -0.25) is 37.3 Å². The summed E-state index contributed by atoms with van der Waals surface area (Å²) < 4.78 is 68.7. The molecule has 0 fully saturated rings. The highest BCUT2D eigenvalue weighted by molar-refractivity contribution is 7.47. The van der Waals surface area contributed by atoms with Crippen molar-refractivity contribution in [2.24, 2.45) is 5.92 Å². The third-order valence-electron chi connectivity index (χ3n) is 19.5. The molecule has 102 heavy (non-hydrogen) atoms. The molecule has 0 aromatic heterocycles. The van der Waals surface area contributed by atoms with Gasteiger partial charge in [-0.05, 0) is 31.6 Å². The van der Waals surface area contributed by atoms with Crippen LogP contribution < -0.4 is 0 Å². The highest BCUT2D eigenvalue weighted by Gasteiger charge is 2.30. The van der Waals surface area contributed by atoms with Gasteiger partial charge in [-0.1, -0.05) is 394 Å². The molecule has 0 saturated heterocycles. The van der Waals surface area contributed by atoms with Gasteiger partial charge >= 0.3 is 39.5 Å². The van der Waals surface area contributed by atoms with E-state index in [-0.39, 0.29) is 25.7 Å². The molecule has 0 spiro atoms. The van der Waals surface area contributed by atoms with Crippen LogP contribution in [0, 0.1) is 5.92 Å². The summed E-state index contributed by atoms with van der Waals surface area (Å²) in [4.78, 5) is 73.0. The molecule has 17 nitrogen and oxygen atoms in total. The fourth-order valence-electron chi connectivity index (χ4n) is 12.9. The van der Waals surface area contributed by atoms with Crippen molar-refractivity contribution in [3.05, 3.63) is 0 Å². The van der Waals surface area contributed by atoms with Gasteiger partial charge in [0.1, 0.15) is 19.3 Å². The summed E-state index contributed by atoms with van der Waals surface area (Å²) >= 11 is 0. The summed E-state index contributed by atoms with van der Waals surface area (Å²) in [7, 11) is -9.92. The first-order valence-corrected chi connectivity index (χ1v) is 46.1. The number of carbonyl (C=O) groups is 4. The van der Waals surface area contributed by atoms with Crippen LogP contribution in [0.15, 0.2) is 0 Å². The number of aliphatic hydroxyl groups is 1. The van der Waals surface area contributed by atoms with E-state index in [4.69, 9.17) is 37.0 Å². The van der Waals surface area contributed by atoms with Crippen LogP contribution in [0.4, 0.5) is 0 Å². The fraction of sp³-hybridized carbons (Fsp3) is 0.952. The standard InChI is InChI=1S/C83H162O17P2/c1-6-9-12-15-18-21-23-25-27-29-31-32-33-35-37-39-44-48-53-58-63-68-82(87)100-79(73-94-81(86)67-62-57-52-47-43-38-36-34-30-28-26-24-22-19-16-13-10-7-2)75-98-102(91,92)96-71-77(84)70-95-101(89,90)97-74-78(72-93-80(85)66-61-56-51-20-17-14-11-8-3)99-83(88)69-64-59-54-49-45-41-40-42-46-50-55-60-65-76(4)5/h76-79,84H,6-75H2,1-5H3,(H,89,90)(H,91,92)/t77-,78+,79+/m0/s1. The molecule has 0 aromatic carbocycles. The molecular weight excluding hydrogens is 1330 g/mol. The fourth-order valence-corrected chi connectivity index (χ4v) is 14.5. The summed E-state index contributed by atoms with van der Waals surface area (Å²) in [6.45, 7) is 7.32. The van der Waals surface area contributed by atoms with E-state index in [1.54, 1.807) is 0 Å². The maximum Gasteiger partial charge on any atom is 0.472 e. The second-order valence-corrected chi connectivity index (χ2v) is 33.3. The molecule has 0 bridgehead atoms. The first-order valence-electron chi connectivity index (χ1n) is 43.1. The molecule has 0 amide bonds. The van der Waals surface area contributed by atoms with Crippen LogP contribution >= 0.6 is 15.6 Å². The molecule has 0 rings (SSSR count). The molecule has 606 valence electrons. The minimum Gasteiger partial charge on any atom is -0.462 e. The van der Waals surface area contributed by atoms with Crippen molar-refractivity contribution in [3.63, 3.8) is 0 Å². The Morgan fingerprint density at radius 2 is 0.451 bits per heavy atom. The highest BCUT2D eigenvalue weighted by atomic mass is 31.2. The second kappa shape index (κ2) is 75.9. The molecule has 0 saturated carbocycles. The van der Waals surface area contributed by atoms with E-state index < -0.39 is 97.5 Å². The zero-order valence-corrected chi connectivity index (χ0v) is 68.5. The zero-order valence-electron chi connectivity index (χ0n) is 66.8. The van der Waals surface area contributed by atoms with E-state index in [0.29, 0.717) is 25.7 Å². The summed E-state index contributed by atoms with van der Waals surface area (Å²) in [5.41, 5.74) is 0. The minimum absolute atomic E-state index is 0.107. The lowest BCUT2D eigenvalue weighted by atomic mass is 10.0. The van der Waals surface area contributed by atoms with Gasteiger partial charge in [-0.2, -0.15) is 0 Å². The van der Waals surface area contributed by atoms with Crippen molar-refractivity contribution in [1.29, 1.82) is 0 Å². The van der Waals surface area contributed by atoms with E-state index in [2.05, 4.69) is 34.6 Å². The molecule has 0 radical (unpaired) electrons. The van der Waals surface area contributed by atoms with Crippen molar-refractivity contribution < 1.29 is 80.2 Å². The van der Waals surface area contributed by atoms with Crippen LogP contribution in [0.1, 0.15) is 446 Å². The molecule has 0 aromatic rings. The summed E-state index contributed by atoms with van der Waals surface area (Å²) in [6, 6.07) is 0. The van der Waals surface area contributed by atoms with Crippen molar-refractivity contribution in [1.82, 2.24) is 0 Å². The monoisotopic (exact) mass is 1490 g/mol. The van der Waals surface area contributed by atoms with Crippen LogP contribution in [0.3, 0.4) is 0 Å². The Morgan fingerprint density at radius 1 is 0.265 bits per heavy atom. The molecule has 0 heterocycles. The van der Waals surface area contributed by atoms with E-state index in [1.807, 2.05) is 0 Å². The molecule has 2 unspecified atom stereocenters. The maximum atomic E-state index is 13.1. The number of phosphoric ester groups is 2. The third kappa shape index (κ3) is 76.3. The number of unbranched alkanes of at least 4 members (excludes halogenated alkanes) is 55. The summed E-state index contributed by atoms with van der Waals surface area (Å²) in [6.07, 6.45) is 68.2. The highest BCUT2D eigenvalue weighted by Crippen LogP contribution is 2.45. The number of hydrogen-bond acceptors (Lipinski definition) is 15. The van der Waals surface area contributed by atoms with Crippen LogP contribution in [0.5, 0.6) is 0 Å². The molecule has 0 aliphatic rings. The molecular formula is C83H162O17P2. The van der Waals surface area contributed by atoms with Crippen LogP contribution in [-0.4, -0.2) is 96.7 Å². The van der Waals surface area contributed by atoms with Crippen LogP contribution in [-0.2, 0) is 65.4 Å². The number of aliphatic hydroxyl groups excluding tert-OH is 1. The SMILES string of the molecule is CCCCCCCCCCCCCCCCCCCCCCCC(=O)O[C@H](COC(=O)CCCCCCCCCCCCCCCCCCCC)COP(=O)(O)OC[C@@H](O)COP(=O)(O)OC[C@@H](COC(=O)CCCCCCCCCC)OC(=O)CCCCCCCCCCCCCCC(C)C. The summed E-state index contributed by atoms with van der Waals surface area (Å²) in [5, 5.41) is 10.6. The lowest BCUT2D eigenvalue weighted by Gasteiger charge is -2.21. The van der Waals surface area contributed by atoms with Gasteiger partial charge in [0.15, 0.2) is 12.2 Å². The Bertz CT molecular complexity index is 1940. The lowest BCUT2D eigenvalue weighted by molar-refractivity contribution is -0.161. The number of rotatable bonds is 83. The van der Waals surface area contributed by atoms with E-state index >= 15 is 0 Å². The molecule has 0 aliphatic heterocycles. The molecule has 5 atom stereocenters. The van der Waals surface area contributed by atoms with Crippen molar-refractivity contribution in [3.8, 4) is 0 Å². The smallest absolute Gasteiger partial charge is 0.462 e. The zero-order chi connectivity index (χ0) is 74.8. The van der Waals surface area contributed by atoms with Gasteiger partial charge in [-0.25, -0.2) is 9.13 Å². The maximum absolute atomic E-state index is 13.1. The molecule has 0 aliphatic carbocycles. The topological polar surface area (TPSA) is 237 Å². The average molecular weight is 1490 g/mol. The van der Waals surface area contributed by atoms with E-state index in [9.17, 15) is 43.2 Å². The van der Waals surface area contributed by atoms with Crippen LogP contribution in [0.25, 0.3) is 0 Å². The Kier molecular flexibility index (Phi) is 74.4. The van der Waals surface area contributed by atoms with Gasteiger partial charge in [0.2, 0.25) is 0 Å². The number of hydrogen-bond donors (Lipinski definition) is 3. The summed E-state index contributed by atoms with van der Waals surface area (Å²) in [5.74, 6) is -1.33. The third-order valence-corrected chi connectivity index (χ3v) is 21.4. The average Bonchev–Trinajstić information content (AvgIpc) is 0.916. The Balaban J connectivity index is 5.19. The Hall–Kier alpha value is -1.94. The predicted octanol–water partition coefficient (Wildman–Crippen LogP) is 25.2. The van der Waals surface area contributed by atoms with E-state index in [0.717, 1.165) is 102 Å². The predicted molar refractivity (Wildman–Crippen MR) is 418 cm³/mol. The minimum atomic E-state index is -4.96. The largest absolute Gasteiger partial charge is 0.472 e. The normalized spacial score (nSPS) is 13.8. The number of phosphoric acid groups is 2. The van der Waals surface area contributed by atoms with Gasteiger partial charge in [0.05, 0.1) is 26.4 Å². The molecule has 19 heteroatoms. The number of carbonyl (C=O) groups excluding carboxylic acids is 4. The van der Waals surface area contributed by atoms with Gasteiger partial charge < -0.3 is 33.8 Å². The van der Waals surface area contributed by atoms with Crippen molar-refractivity contribution >= 4 is 39.5 Å². The second-order valence-electron chi connectivity index (χ2n) is 30.3. The number of esters is 4. The van der Waals surface area contributed by atoms with Gasteiger partial charge in [0.25, 0.3) is 0 Å². The first kappa shape index (κ1) is 100. The Morgan fingerprint density at radius 3 is 0.667 bits per heavy atom. The number of ether oxygens (including phenoxy) is 4. The van der Waals surface area contributed by atoms with Crippen molar-refractivity contribution in [2.75, 3.05) is 39.6 Å². The van der Waals surface area contributed by atoms with Gasteiger partial charge in [0, 0.05) is 25.7 Å². The van der Waals surface area contributed by atoms with Crippen LogP contribution in [0.2, 0.25) is 0 Å². The van der Waals surface area contributed by atoms with Crippen molar-refractivity contribution in [2.45, 2.75) is 464 Å².